The second-order valence-corrected chi connectivity index (χ2v) is 6.46. The summed E-state index contributed by atoms with van der Waals surface area (Å²) in [7, 11) is 0. The molecule has 0 aliphatic carbocycles. The van der Waals surface area contributed by atoms with E-state index < -0.39 is 0 Å². The van der Waals surface area contributed by atoms with Gasteiger partial charge in [0.05, 0.1) is 4.34 Å². The molecule has 0 radical (unpaired) electrons. The summed E-state index contributed by atoms with van der Waals surface area (Å²) in [6.07, 6.45) is 0.914. The number of halogens is 1. The summed E-state index contributed by atoms with van der Waals surface area (Å²) in [5.74, 6) is 0.303. The van der Waals surface area contributed by atoms with Crippen LogP contribution in [0.4, 0.5) is 0 Å². The Labute approximate surface area is 94.7 Å². The Hall–Kier alpha value is -0.0500. The Morgan fingerprint density at radius 1 is 1.43 bits per heavy atom. The smallest absolute Gasteiger partial charge is 0.0931 e. The second kappa shape index (κ2) is 4.65. The van der Waals surface area contributed by atoms with Crippen LogP contribution in [0.3, 0.4) is 0 Å². The predicted octanol–water partition coefficient (Wildman–Crippen LogP) is 3.60. The van der Waals surface area contributed by atoms with Crippen molar-refractivity contribution in [1.29, 1.82) is 0 Å². The number of aliphatic hydroxyl groups is 1. The number of hydrogen-bond donors (Lipinski definition) is 1. The number of hydrogen-bond acceptors (Lipinski definition) is 2. The van der Waals surface area contributed by atoms with Crippen molar-refractivity contribution in [2.45, 2.75) is 27.2 Å². The van der Waals surface area contributed by atoms with Gasteiger partial charge in [0.2, 0.25) is 0 Å². The molecule has 0 aromatic carbocycles. The summed E-state index contributed by atoms with van der Waals surface area (Å²) < 4.78 is 0.825. The first-order valence-corrected chi connectivity index (χ1v) is 5.98. The molecule has 3 heteroatoms. The third-order valence-corrected chi connectivity index (χ3v) is 3.78. The van der Waals surface area contributed by atoms with Crippen molar-refractivity contribution in [2.24, 2.45) is 11.3 Å². The highest BCUT2D eigenvalue weighted by molar-refractivity contribution is 7.16. The summed E-state index contributed by atoms with van der Waals surface area (Å²) in [6, 6.07) is 3.96. The van der Waals surface area contributed by atoms with Gasteiger partial charge < -0.3 is 5.11 Å². The molecule has 0 saturated heterocycles. The van der Waals surface area contributed by atoms with E-state index in [1.54, 1.807) is 11.3 Å². The van der Waals surface area contributed by atoms with E-state index in [9.17, 15) is 5.11 Å². The number of thiophene rings is 1. The second-order valence-electron chi connectivity index (χ2n) is 4.66. The van der Waals surface area contributed by atoms with Gasteiger partial charge in [-0.05, 0) is 29.9 Å². The molecule has 0 spiro atoms. The first-order chi connectivity index (χ1) is 6.43. The molecular weight excluding hydrogens is 216 g/mol. The Morgan fingerprint density at radius 3 is 2.43 bits per heavy atom. The van der Waals surface area contributed by atoms with Gasteiger partial charge in [-0.3, -0.25) is 0 Å². The normalized spacial score (nSPS) is 14.4. The van der Waals surface area contributed by atoms with E-state index in [1.165, 1.54) is 4.88 Å². The maximum absolute atomic E-state index is 9.30. The fourth-order valence-electron chi connectivity index (χ4n) is 1.35. The van der Waals surface area contributed by atoms with Crippen molar-refractivity contribution in [1.82, 2.24) is 0 Å². The molecule has 1 unspecified atom stereocenters. The minimum absolute atomic E-state index is 0.144. The molecule has 14 heavy (non-hydrogen) atoms. The van der Waals surface area contributed by atoms with Crippen LogP contribution in [0.15, 0.2) is 12.1 Å². The zero-order chi connectivity index (χ0) is 10.8. The highest BCUT2D eigenvalue weighted by Crippen LogP contribution is 2.31. The standard InChI is InChI=1S/C11H17ClOS/c1-11(2,3)8(7-13)6-9-4-5-10(12)14-9/h4-5,8,13H,6-7H2,1-3H3. The van der Waals surface area contributed by atoms with E-state index in [-0.39, 0.29) is 12.0 Å². The predicted molar refractivity (Wildman–Crippen MR) is 63.1 cm³/mol. The van der Waals surface area contributed by atoms with Crippen molar-refractivity contribution in [3.63, 3.8) is 0 Å². The van der Waals surface area contributed by atoms with Crippen LogP contribution >= 0.6 is 22.9 Å². The van der Waals surface area contributed by atoms with Gasteiger partial charge in [0.1, 0.15) is 0 Å². The van der Waals surface area contributed by atoms with E-state index in [1.807, 2.05) is 12.1 Å². The van der Waals surface area contributed by atoms with Crippen molar-refractivity contribution in [2.75, 3.05) is 6.61 Å². The van der Waals surface area contributed by atoms with Crippen LogP contribution in [0.25, 0.3) is 0 Å². The molecule has 1 heterocycles. The topological polar surface area (TPSA) is 20.2 Å². The summed E-state index contributed by atoms with van der Waals surface area (Å²) in [5.41, 5.74) is 0.144. The maximum Gasteiger partial charge on any atom is 0.0931 e. The van der Waals surface area contributed by atoms with E-state index >= 15 is 0 Å². The molecule has 0 fully saturated rings. The zero-order valence-corrected chi connectivity index (χ0v) is 10.5. The minimum Gasteiger partial charge on any atom is -0.396 e. The molecule has 0 aliphatic heterocycles. The SMILES string of the molecule is CC(C)(C)C(CO)Cc1ccc(Cl)s1. The third-order valence-electron chi connectivity index (χ3n) is 2.52. The van der Waals surface area contributed by atoms with Crippen molar-refractivity contribution < 1.29 is 5.11 Å². The largest absolute Gasteiger partial charge is 0.396 e. The van der Waals surface area contributed by atoms with Gasteiger partial charge in [-0.15, -0.1) is 11.3 Å². The zero-order valence-electron chi connectivity index (χ0n) is 8.88. The van der Waals surface area contributed by atoms with Crippen LogP contribution < -0.4 is 0 Å². The molecule has 1 N–H and O–H groups in total. The molecule has 0 saturated carbocycles. The van der Waals surface area contributed by atoms with Crippen LogP contribution in [0.5, 0.6) is 0 Å². The Balaban J connectivity index is 2.66. The van der Waals surface area contributed by atoms with Crippen LogP contribution in [0.1, 0.15) is 25.6 Å². The molecule has 1 aromatic rings. The minimum atomic E-state index is 0.144. The van der Waals surface area contributed by atoms with Crippen molar-refractivity contribution in [3.8, 4) is 0 Å². The molecule has 1 aromatic heterocycles. The number of aliphatic hydroxyl groups excluding tert-OH is 1. The fraction of sp³-hybridized carbons (Fsp3) is 0.636. The molecule has 0 aliphatic rings. The average Bonchev–Trinajstić information content (AvgIpc) is 2.45. The van der Waals surface area contributed by atoms with Gasteiger partial charge in [-0.1, -0.05) is 32.4 Å². The van der Waals surface area contributed by atoms with E-state index in [0.717, 1.165) is 10.8 Å². The molecule has 0 amide bonds. The Bertz CT molecular complexity index is 288. The van der Waals surface area contributed by atoms with Crippen LogP contribution in [-0.4, -0.2) is 11.7 Å². The van der Waals surface area contributed by atoms with Gasteiger partial charge in [0.15, 0.2) is 0 Å². The quantitative estimate of drug-likeness (QED) is 0.845. The maximum atomic E-state index is 9.30. The lowest BCUT2D eigenvalue weighted by molar-refractivity contribution is 0.132. The van der Waals surface area contributed by atoms with Crippen LogP contribution in [0.2, 0.25) is 4.34 Å². The molecule has 80 valence electrons. The lowest BCUT2D eigenvalue weighted by Crippen LogP contribution is -2.25. The average molecular weight is 233 g/mol. The summed E-state index contributed by atoms with van der Waals surface area (Å²) in [6.45, 7) is 6.70. The lowest BCUT2D eigenvalue weighted by atomic mass is 9.79. The first kappa shape index (κ1) is 12.0. The number of rotatable bonds is 3. The molecule has 1 rings (SSSR count). The third kappa shape index (κ3) is 3.26. The Kier molecular flexibility index (Phi) is 3.99. The van der Waals surface area contributed by atoms with E-state index in [4.69, 9.17) is 11.6 Å². The molecule has 1 nitrogen and oxygen atoms in total. The van der Waals surface area contributed by atoms with Gasteiger partial charge >= 0.3 is 0 Å². The van der Waals surface area contributed by atoms with Crippen molar-refractivity contribution in [3.05, 3.63) is 21.3 Å². The molecule has 0 bridgehead atoms. The van der Waals surface area contributed by atoms with Gasteiger partial charge in [-0.2, -0.15) is 0 Å². The molecule has 1 atom stereocenters. The van der Waals surface area contributed by atoms with Crippen LogP contribution in [0, 0.1) is 11.3 Å². The Morgan fingerprint density at radius 2 is 2.07 bits per heavy atom. The summed E-state index contributed by atoms with van der Waals surface area (Å²) in [4.78, 5) is 1.25. The molecular formula is C11H17ClOS. The van der Waals surface area contributed by atoms with Gasteiger partial charge in [0, 0.05) is 11.5 Å². The summed E-state index contributed by atoms with van der Waals surface area (Å²) in [5, 5.41) is 9.30. The van der Waals surface area contributed by atoms with E-state index in [2.05, 4.69) is 20.8 Å². The highest BCUT2D eigenvalue weighted by Gasteiger charge is 2.24. The van der Waals surface area contributed by atoms with Crippen molar-refractivity contribution >= 4 is 22.9 Å². The van der Waals surface area contributed by atoms with Gasteiger partial charge in [-0.25, -0.2) is 0 Å². The fourth-order valence-corrected chi connectivity index (χ4v) is 2.52. The lowest BCUT2D eigenvalue weighted by Gasteiger charge is -2.28. The summed E-state index contributed by atoms with van der Waals surface area (Å²) >= 11 is 7.46. The van der Waals surface area contributed by atoms with Crippen LogP contribution in [-0.2, 0) is 6.42 Å². The van der Waals surface area contributed by atoms with E-state index in [0.29, 0.717) is 5.92 Å². The van der Waals surface area contributed by atoms with Gasteiger partial charge in [0.25, 0.3) is 0 Å². The highest BCUT2D eigenvalue weighted by atomic mass is 35.5. The first-order valence-electron chi connectivity index (χ1n) is 4.78. The monoisotopic (exact) mass is 232 g/mol.